The Morgan fingerprint density at radius 2 is 0.761 bits per heavy atom. The number of hydrogen-bond donors (Lipinski definition) is 0. The first kappa shape index (κ1) is 30.7. The molecule has 2 atom stereocenters. The standard InChI is InChI=1S/C42H40O2P2/c1-41(2,3)33-21-17-29(18-22-33)37-25-31-27-40-32(28-39(31)45(37,43)35-13-9-7-10-14-35)26-38(46(40,44)36-15-11-8-12-16-36)30-19-23-34(24-20-30)42(4,5)6/h7-28H,1-6H3. The minimum absolute atomic E-state index is 0.0190. The van der Waals surface area contributed by atoms with Gasteiger partial charge < -0.3 is 9.13 Å². The van der Waals surface area contributed by atoms with E-state index in [2.05, 4.69) is 114 Å². The molecular weight excluding hydrogens is 598 g/mol. The lowest BCUT2D eigenvalue weighted by Gasteiger charge is -2.23. The highest BCUT2D eigenvalue weighted by molar-refractivity contribution is 7.89. The van der Waals surface area contributed by atoms with Gasteiger partial charge in [-0.3, -0.25) is 0 Å². The predicted molar refractivity (Wildman–Crippen MR) is 199 cm³/mol. The Kier molecular flexibility index (Phi) is 7.21. The fraction of sp³-hybridized carbons (Fsp3) is 0.190. The van der Waals surface area contributed by atoms with Crippen molar-refractivity contribution >= 4 is 58.3 Å². The Hall–Kier alpha value is -3.96. The number of benzene rings is 5. The van der Waals surface area contributed by atoms with Gasteiger partial charge >= 0.3 is 0 Å². The van der Waals surface area contributed by atoms with Gasteiger partial charge in [-0.05, 0) is 68.5 Å². The fourth-order valence-electron chi connectivity index (χ4n) is 6.77. The highest BCUT2D eigenvalue weighted by Crippen LogP contribution is 2.65. The van der Waals surface area contributed by atoms with Crippen molar-refractivity contribution in [1.29, 1.82) is 0 Å². The molecule has 0 aliphatic carbocycles. The summed E-state index contributed by atoms with van der Waals surface area (Å²) in [6.45, 7) is 13.2. The Bertz CT molecular complexity index is 1970. The van der Waals surface area contributed by atoms with Gasteiger partial charge in [0.1, 0.15) is 0 Å². The molecule has 0 saturated carbocycles. The molecule has 0 aromatic heterocycles. The van der Waals surface area contributed by atoms with Crippen LogP contribution in [0.1, 0.15) is 74.9 Å². The van der Waals surface area contributed by atoms with Gasteiger partial charge in [0.25, 0.3) is 0 Å². The van der Waals surface area contributed by atoms with E-state index in [4.69, 9.17) is 0 Å². The first-order valence-electron chi connectivity index (χ1n) is 16.0. The maximum absolute atomic E-state index is 15.6. The maximum Gasteiger partial charge on any atom is 0.172 e. The highest BCUT2D eigenvalue weighted by atomic mass is 31.2. The van der Waals surface area contributed by atoms with E-state index in [9.17, 15) is 0 Å². The largest absolute Gasteiger partial charge is 0.309 e. The van der Waals surface area contributed by atoms with Crippen LogP contribution in [0.15, 0.2) is 121 Å². The van der Waals surface area contributed by atoms with E-state index >= 15 is 9.13 Å². The number of fused-ring (bicyclic) bond motifs is 2. The van der Waals surface area contributed by atoms with Crippen LogP contribution in [-0.2, 0) is 20.0 Å². The molecule has 46 heavy (non-hydrogen) atoms. The van der Waals surface area contributed by atoms with Gasteiger partial charge in [0.05, 0.1) is 0 Å². The summed E-state index contributed by atoms with van der Waals surface area (Å²) in [4.78, 5) is 0. The predicted octanol–water partition coefficient (Wildman–Crippen LogP) is 9.93. The second kappa shape index (κ2) is 10.8. The molecule has 2 aliphatic rings. The molecule has 0 bridgehead atoms. The Morgan fingerprint density at radius 3 is 1.07 bits per heavy atom. The highest BCUT2D eigenvalue weighted by Gasteiger charge is 2.44. The molecular formula is C42H40O2P2. The van der Waals surface area contributed by atoms with Crippen molar-refractivity contribution in [3.8, 4) is 0 Å². The second-order valence-corrected chi connectivity index (χ2v) is 20.0. The van der Waals surface area contributed by atoms with Crippen LogP contribution in [0.25, 0.3) is 22.8 Å². The molecule has 2 heterocycles. The molecule has 0 saturated heterocycles. The normalized spacial score (nSPS) is 20.6. The van der Waals surface area contributed by atoms with Crippen LogP contribution in [0.3, 0.4) is 0 Å². The third kappa shape index (κ3) is 4.86. The SMILES string of the molecule is CC(C)(C)c1ccc(C2=Cc3cc4c(cc3P2(=O)c2ccccc2)C=C(c2ccc(C(C)(C)C)cc2)P4(=O)c2ccccc2)cc1. The molecule has 0 amide bonds. The molecule has 0 radical (unpaired) electrons. The Morgan fingerprint density at radius 1 is 0.435 bits per heavy atom. The zero-order valence-electron chi connectivity index (χ0n) is 27.4. The first-order valence-corrected chi connectivity index (χ1v) is 19.4. The van der Waals surface area contributed by atoms with Crippen LogP contribution < -0.4 is 21.2 Å². The third-order valence-electron chi connectivity index (χ3n) is 9.45. The Balaban J connectivity index is 1.44. The van der Waals surface area contributed by atoms with E-state index in [1.54, 1.807) is 0 Å². The zero-order chi connectivity index (χ0) is 32.5. The molecule has 2 nitrogen and oxygen atoms in total. The average Bonchev–Trinajstić information content (AvgIpc) is 3.52. The van der Waals surface area contributed by atoms with Crippen molar-refractivity contribution in [2.75, 3.05) is 0 Å². The molecule has 2 aliphatic heterocycles. The Labute approximate surface area is 273 Å². The molecule has 5 aromatic carbocycles. The molecule has 5 aromatic rings. The molecule has 0 fully saturated rings. The number of rotatable bonds is 4. The average molecular weight is 639 g/mol. The summed E-state index contributed by atoms with van der Waals surface area (Å²) in [6, 6.07) is 40.9. The summed E-state index contributed by atoms with van der Waals surface area (Å²) >= 11 is 0. The minimum atomic E-state index is -3.22. The van der Waals surface area contributed by atoms with E-state index in [1.165, 1.54) is 11.1 Å². The molecule has 7 rings (SSSR count). The monoisotopic (exact) mass is 638 g/mol. The summed E-state index contributed by atoms with van der Waals surface area (Å²) in [6.07, 6.45) is 4.17. The number of hydrogen-bond acceptors (Lipinski definition) is 2. The van der Waals surface area contributed by atoms with E-state index in [1.807, 2.05) is 60.7 Å². The van der Waals surface area contributed by atoms with Gasteiger partial charge in [-0.25, -0.2) is 0 Å². The van der Waals surface area contributed by atoms with Crippen molar-refractivity contribution in [3.63, 3.8) is 0 Å². The lowest BCUT2D eigenvalue weighted by atomic mass is 9.86. The summed E-state index contributed by atoms with van der Waals surface area (Å²) in [5, 5.41) is 4.90. The van der Waals surface area contributed by atoms with Gasteiger partial charge in [-0.2, -0.15) is 0 Å². The van der Waals surface area contributed by atoms with Crippen molar-refractivity contribution in [2.24, 2.45) is 0 Å². The first-order chi connectivity index (χ1) is 21.8. The van der Waals surface area contributed by atoms with Crippen molar-refractivity contribution in [1.82, 2.24) is 0 Å². The van der Waals surface area contributed by atoms with Crippen molar-refractivity contribution in [3.05, 3.63) is 155 Å². The summed E-state index contributed by atoms with van der Waals surface area (Å²) in [7, 11) is -6.44. The molecule has 4 heteroatoms. The van der Waals surface area contributed by atoms with Crippen LogP contribution in [0.4, 0.5) is 0 Å². The van der Waals surface area contributed by atoms with Crippen LogP contribution in [0.2, 0.25) is 0 Å². The van der Waals surface area contributed by atoms with E-state index in [0.29, 0.717) is 0 Å². The van der Waals surface area contributed by atoms with E-state index in [-0.39, 0.29) is 10.8 Å². The second-order valence-electron chi connectivity index (χ2n) is 14.6. The van der Waals surface area contributed by atoms with Gasteiger partial charge in [-0.15, -0.1) is 0 Å². The lowest BCUT2D eigenvalue weighted by Crippen LogP contribution is -2.21. The zero-order valence-corrected chi connectivity index (χ0v) is 29.2. The van der Waals surface area contributed by atoms with Crippen LogP contribution in [0.5, 0.6) is 0 Å². The summed E-state index contributed by atoms with van der Waals surface area (Å²) < 4.78 is 31.2. The fourth-order valence-corrected chi connectivity index (χ4v) is 12.9. The van der Waals surface area contributed by atoms with E-state index < -0.39 is 14.3 Å². The third-order valence-corrected chi connectivity index (χ3v) is 15.8. The lowest BCUT2D eigenvalue weighted by molar-refractivity contribution is 0.589. The molecule has 0 spiro atoms. The van der Waals surface area contributed by atoms with Crippen LogP contribution in [-0.4, -0.2) is 0 Å². The van der Waals surface area contributed by atoms with Crippen molar-refractivity contribution < 1.29 is 9.13 Å². The topological polar surface area (TPSA) is 34.1 Å². The van der Waals surface area contributed by atoms with Gasteiger partial charge in [-0.1, -0.05) is 151 Å². The summed E-state index contributed by atoms with van der Waals surface area (Å²) in [5.74, 6) is 0. The van der Waals surface area contributed by atoms with Crippen LogP contribution >= 0.6 is 14.3 Å². The minimum Gasteiger partial charge on any atom is -0.309 e. The van der Waals surface area contributed by atoms with Gasteiger partial charge in [0.15, 0.2) is 14.3 Å². The quantitative estimate of drug-likeness (QED) is 0.184. The summed E-state index contributed by atoms with van der Waals surface area (Å²) in [5.41, 5.74) is 6.19. The van der Waals surface area contributed by atoms with Crippen LogP contribution in [0, 0.1) is 0 Å². The molecule has 2 unspecified atom stereocenters. The smallest absolute Gasteiger partial charge is 0.172 e. The van der Waals surface area contributed by atoms with Gasteiger partial charge in [0.2, 0.25) is 0 Å². The van der Waals surface area contributed by atoms with Crippen molar-refractivity contribution in [2.45, 2.75) is 52.4 Å². The van der Waals surface area contributed by atoms with Gasteiger partial charge in [0, 0.05) is 31.8 Å². The molecule has 0 N–H and O–H groups in total. The molecule has 230 valence electrons. The maximum atomic E-state index is 15.6. The van der Waals surface area contributed by atoms with E-state index in [0.717, 1.165) is 54.1 Å².